The van der Waals surface area contributed by atoms with E-state index >= 15 is 0 Å². The summed E-state index contributed by atoms with van der Waals surface area (Å²) >= 11 is 0. The van der Waals surface area contributed by atoms with Gasteiger partial charge in [0, 0.05) is 32.4 Å². The van der Waals surface area contributed by atoms with Crippen LogP contribution in [0.5, 0.6) is 0 Å². The number of anilines is 1. The van der Waals surface area contributed by atoms with Gasteiger partial charge in [0.15, 0.2) is 0 Å². The number of pyridine rings is 1. The van der Waals surface area contributed by atoms with Gasteiger partial charge >= 0.3 is 0 Å². The number of hydrogen-bond donors (Lipinski definition) is 1. The molecule has 1 unspecified atom stereocenters. The summed E-state index contributed by atoms with van der Waals surface area (Å²) in [6.07, 6.45) is 1.42. The predicted octanol–water partition coefficient (Wildman–Crippen LogP) is 0.533. The largest absolute Gasteiger partial charge is 0.376 e. The lowest BCUT2D eigenvalue weighted by Gasteiger charge is -2.30. The van der Waals surface area contributed by atoms with Gasteiger partial charge in [0.2, 0.25) is 10.0 Å². The number of hydrogen-bond acceptors (Lipinski definition) is 5. The van der Waals surface area contributed by atoms with Crippen LogP contribution in [0.4, 0.5) is 5.82 Å². The second kappa shape index (κ2) is 5.21. The molecule has 7 heteroatoms. The average molecular weight is 271 g/mol. The second-order valence-corrected chi connectivity index (χ2v) is 6.11. The first kappa shape index (κ1) is 13.3. The zero-order chi connectivity index (χ0) is 13.2. The van der Waals surface area contributed by atoms with Crippen molar-refractivity contribution in [1.29, 1.82) is 0 Å². The van der Waals surface area contributed by atoms with Crippen molar-refractivity contribution >= 4 is 15.8 Å². The molecule has 1 aromatic heterocycles. The molecular formula is C11H17N3O3S. The van der Waals surface area contributed by atoms with E-state index < -0.39 is 10.0 Å². The van der Waals surface area contributed by atoms with Crippen molar-refractivity contribution in [1.82, 2.24) is 9.29 Å². The molecule has 2 heterocycles. The first-order valence-electron chi connectivity index (χ1n) is 5.79. The summed E-state index contributed by atoms with van der Waals surface area (Å²) in [5.74, 6) is 0.539. The lowest BCUT2D eigenvalue weighted by Crippen LogP contribution is -2.44. The Labute approximate surface area is 107 Å². The van der Waals surface area contributed by atoms with Gasteiger partial charge in [-0.3, -0.25) is 0 Å². The molecule has 2 rings (SSSR count). The van der Waals surface area contributed by atoms with E-state index in [1.807, 2.05) is 6.92 Å². The number of aromatic nitrogens is 1. The van der Waals surface area contributed by atoms with E-state index in [0.717, 1.165) is 0 Å². The first-order chi connectivity index (χ1) is 8.54. The van der Waals surface area contributed by atoms with Gasteiger partial charge in [0.25, 0.3) is 0 Å². The highest BCUT2D eigenvalue weighted by Crippen LogP contribution is 2.20. The van der Waals surface area contributed by atoms with Crippen LogP contribution >= 0.6 is 0 Å². The van der Waals surface area contributed by atoms with Crippen molar-refractivity contribution in [3.05, 3.63) is 18.3 Å². The molecule has 0 radical (unpaired) electrons. The molecule has 100 valence electrons. The summed E-state index contributed by atoms with van der Waals surface area (Å²) in [5, 5.41) is 2.83. The lowest BCUT2D eigenvalue weighted by atomic mass is 10.3. The summed E-state index contributed by atoms with van der Waals surface area (Å²) < 4.78 is 31.6. The number of nitrogens with one attached hydrogen (secondary N) is 1. The fourth-order valence-electron chi connectivity index (χ4n) is 1.86. The normalized spacial score (nSPS) is 21.8. The summed E-state index contributed by atoms with van der Waals surface area (Å²) in [6, 6.07) is 3.05. The van der Waals surface area contributed by atoms with Crippen LogP contribution < -0.4 is 5.32 Å². The maximum absolute atomic E-state index is 12.4. The minimum Gasteiger partial charge on any atom is -0.376 e. The van der Waals surface area contributed by atoms with Crippen LogP contribution in [0.3, 0.4) is 0 Å². The Morgan fingerprint density at radius 1 is 1.56 bits per heavy atom. The average Bonchev–Trinajstić information content (AvgIpc) is 2.39. The standard InChI is InChI=1S/C11H17N3O3S/c1-9-8-14(5-6-17-9)18(15,16)10-3-4-13-11(7-10)12-2/h3-4,7,9H,5-6,8H2,1-2H3,(H,12,13). The highest BCUT2D eigenvalue weighted by molar-refractivity contribution is 7.89. The number of nitrogens with zero attached hydrogens (tertiary/aromatic N) is 2. The summed E-state index contributed by atoms with van der Waals surface area (Å²) in [5.41, 5.74) is 0. The molecule has 1 fully saturated rings. The Kier molecular flexibility index (Phi) is 3.84. The molecule has 1 aromatic rings. The van der Waals surface area contributed by atoms with Crippen LogP contribution in [-0.2, 0) is 14.8 Å². The Morgan fingerprint density at radius 3 is 3.00 bits per heavy atom. The van der Waals surface area contributed by atoms with E-state index in [1.165, 1.54) is 22.6 Å². The monoisotopic (exact) mass is 271 g/mol. The van der Waals surface area contributed by atoms with Gasteiger partial charge in [-0.25, -0.2) is 13.4 Å². The van der Waals surface area contributed by atoms with Crippen molar-refractivity contribution in [2.75, 3.05) is 32.1 Å². The van der Waals surface area contributed by atoms with Gasteiger partial charge < -0.3 is 10.1 Å². The third-order valence-electron chi connectivity index (χ3n) is 2.83. The molecule has 1 atom stereocenters. The number of rotatable bonds is 3. The fourth-order valence-corrected chi connectivity index (χ4v) is 3.37. The topological polar surface area (TPSA) is 71.5 Å². The molecule has 1 aliphatic rings. The smallest absolute Gasteiger partial charge is 0.243 e. The van der Waals surface area contributed by atoms with Crippen LogP contribution in [0.15, 0.2) is 23.2 Å². The molecular weight excluding hydrogens is 254 g/mol. The zero-order valence-electron chi connectivity index (χ0n) is 10.5. The van der Waals surface area contributed by atoms with Crippen LogP contribution in [-0.4, -0.2) is 50.6 Å². The number of morpholine rings is 1. The van der Waals surface area contributed by atoms with Gasteiger partial charge in [0.1, 0.15) is 5.82 Å². The summed E-state index contributed by atoms with van der Waals surface area (Å²) in [6.45, 7) is 3.08. The van der Waals surface area contributed by atoms with Crippen molar-refractivity contribution in [2.24, 2.45) is 0 Å². The molecule has 0 spiro atoms. The number of sulfonamides is 1. The SMILES string of the molecule is CNc1cc(S(=O)(=O)N2CCOC(C)C2)ccn1. The minimum absolute atomic E-state index is 0.0702. The molecule has 1 saturated heterocycles. The van der Waals surface area contributed by atoms with E-state index in [-0.39, 0.29) is 11.0 Å². The molecule has 18 heavy (non-hydrogen) atoms. The van der Waals surface area contributed by atoms with Gasteiger partial charge in [-0.1, -0.05) is 0 Å². The molecule has 0 aliphatic carbocycles. The second-order valence-electron chi connectivity index (χ2n) is 4.17. The predicted molar refractivity (Wildman–Crippen MR) is 68.0 cm³/mol. The first-order valence-corrected chi connectivity index (χ1v) is 7.23. The molecule has 0 amide bonds. The molecule has 0 saturated carbocycles. The van der Waals surface area contributed by atoms with Crippen LogP contribution in [0.1, 0.15) is 6.92 Å². The van der Waals surface area contributed by atoms with E-state index in [1.54, 1.807) is 7.05 Å². The number of ether oxygens (including phenoxy) is 1. The molecule has 1 N–H and O–H groups in total. The van der Waals surface area contributed by atoms with Crippen molar-refractivity contribution in [3.8, 4) is 0 Å². The quantitative estimate of drug-likeness (QED) is 0.868. The third kappa shape index (κ3) is 2.63. The van der Waals surface area contributed by atoms with Gasteiger partial charge in [0.05, 0.1) is 17.6 Å². The lowest BCUT2D eigenvalue weighted by molar-refractivity contribution is 0.0102. The summed E-state index contributed by atoms with van der Waals surface area (Å²) in [7, 11) is -1.75. The molecule has 0 aromatic carbocycles. The molecule has 1 aliphatic heterocycles. The van der Waals surface area contributed by atoms with E-state index in [4.69, 9.17) is 4.74 Å². The Balaban J connectivity index is 2.29. The molecule has 0 bridgehead atoms. The Hall–Kier alpha value is -1.18. The van der Waals surface area contributed by atoms with Gasteiger partial charge in [-0.2, -0.15) is 4.31 Å². The van der Waals surface area contributed by atoms with Gasteiger partial charge in [-0.15, -0.1) is 0 Å². The van der Waals surface area contributed by atoms with Crippen LogP contribution in [0.2, 0.25) is 0 Å². The van der Waals surface area contributed by atoms with Gasteiger partial charge in [-0.05, 0) is 13.0 Å². The summed E-state index contributed by atoms with van der Waals surface area (Å²) in [4.78, 5) is 4.27. The van der Waals surface area contributed by atoms with Crippen molar-refractivity contribution < 1.29 is 13.2 Å². The minimum atomic E-state index is -3.45. The maximum atomic E-state index is 12.4. The van der Waals surface area contributed by atoms with E-state index in [2.05, 4.69) is 10.3 Å². The Morgan fingerprint density at radius 2 is 2.33 bits per heavy atom. The highest BCUT2D eigenvalue weighted by Gasteiger charge is 2.29. The van der Waals surface area contributed by atoms with Crippen molar-refractivity contribution in [2.45, 2.75) is 17.9 Å². The third-order valence-corrected chi connectivity index (χ3v) is 4.69. The maximum Gasteiger partial charge on any atom is 0.243 e. The van der Waals surface area contributed by atoms with E-state index in [0.29, 0.717) is 25.5 Å². The highest BCUT2D eigenvalue weighted by atomic mass is 32.2. The molecule has 6 nitrogen and oxygen atoms in total. The fraction of sp³-hybridized carbons (Fsp3) is 0.545. The van der Waals surface area contributed by atoms with Crippen molar-refractivity contribution in [3.63, 3.8) is 0 Å². The van der Waals surface area contributed by atoms with Crippen LogP contribution in [0.25, 0.3) is 0 Å². The van der Waals surface area contributed by atoms with E-state index in [9.17, 15) is 8.42 Å². The van der Waals surface area contributed by atoms with Crippen LogP contribution in [0, 0.1) is 0 Å². The zero-order valence-corrected chi connectivity index (χ0v) is 11.3. The Bertz CT molecular complexity index is 518.